The fourth-order valence-corrected chi connectivity index (χ4v) is 2.64. The van der Waals surface area contributed by atoms with Gasteiger partial charge in [-0.05, 0) is 30.3 Å². The van der Waals surface area contributed by atoms with Crippen molar-refractivity contribution in [1.29, 1.82) is 0 Å². The summed E-state index contributed by atoms with van der Waals surface area (Å²) in [6, 6.07) is 11.7. The van der Waals surface area contributed by atoms with Crippen molar-refractivity contribution in [2.75, 3.05) is 7.11 Å². The molecule has 0 atom stereocenters. The first kappa shape index (κ1) is 13.5. The minimum Gasteiger partial charge on any atom is -0.497 e. The van der Waals surface area contributed by atoms with Gasteiger partial charge in [-0.2, -0.15) is 0 Å². The van der Waals surface area contributed by atoms with Crippen LogP contribution in [0.25, 0.3) is 27.9 Å². The third kappa shape index (κ3) is 1.99. The zero-order valence-corrected chi connectivity index (χ0v) is 12.2. The molecule has 5 nitrogen and oxygen atoms in total. The summed E-state index contributed by atoms with van der Waals surface area (Å²) in [6.07, 6.45) is 1.55. The molecule has 23 heavy (non-hydrogen) atoms. The molecule has 0 aliphatic rings. The number of ether oxygens (including phenoxy) is 1. The Morgan fingerprint density at radius 1 is 1.17 bits per heavy atom. The van der Waals surface area contributed by atoms with Crippen LogP contribution in [0.5, 0.6) is 11.6 Å². The highest BCUT2D eigenvalue weighted by molar-refractivity contribution is 5.81. The Bertz CT molecular complexity index is 1040. The molecule has 114 valence electrons. The first-order chi connectivity index (χ1) is 11.2. The highest BCUT2D eigenvalue weighted by Crippen LogP contribution is 2.34. The molecule has 6 heteroatoms. The van der Waals surface area contributed by atoms with Crippen LogP contribution in [0.2, 0.25) is 0 Å². The highest BCUT2D eigenvalue weighted by atomic mass is 19.1. The molecular formula is C17H12FN3O2. The van der Waals surface area contributed by atoms with Crippen molar-refractivity contribution in [1.82, 2.24) is 14.4 Å². The van der Waals surface area contributed by atoms with E-state index in [1.807, 2.05) is 24.3 Å². The fraction of sp³-hybridized carbons (Fsp3) is 0.0588. The van der Waals surface area contributed by atoms with Crippen LogP contribution in [-0.4, -0.2) is 26.6 Å². The number of hydrogen-bond acceptors (Lipinski definition) is 4. The van der Waals surface area contributed by atoms with Gasteiger partial charge in [0.2, 0.25) is 5.88 Å². The minimum absolute atomic E-state index is 0.134. The van der Waals surface area contributed by atoms with Crippen LogP contribution >= 0.6 is 0 Å². The summed E-state index contributed by atoms with van der Waals surface area (Å²) < 4.78 is 20.9. The number of methoxy groups -OCH3 is 1. The zero-order chi connectivity index (χ0) is 16.0. The first-order valence-electron chi connectivity index (χ1n) is 6.98. The van der Waals surface area contributed by atoms with Crippen molar-refractivity contribution in [2.45, 2.75) is 0 Å². The molecule has 0 unspecified atom stereocenters. The van der Waals surface area contributed by atoms with Crippen molar-refractivity contribution < 1.29 is 14.2 Å². The van der Waals surface area contributed by atoms with Crippen LogP contribution in [-0.2, 0) is 0 Å². The Morgan fingerprint density at radius 2 is 2.00 bits per heavy atom. The van der Waals surface area contributed by atoms with E-state index in [0.717, 1.165) is 0 Å². The maximum Gasteiger partial charge on any atom is 0.224 e. The third-order valence-electron chi connectivity index (χ3n) is 3.75. The van der Waals surface area contributed by atoms with Crippen molar-refractivity contribution in [3.05, 3.63) is 54.5 Å². The SMILES string of the molecule is COc1ccc(F)c(-c2nc3cnc4ccccc4n3c2O)c1. The Morgan fingerprint density at radius 3 is 2.83 bits per heavy atom. The van der Waals surface area contributed by atoms with Crippen LogP contribution in [0.3, 0.4) is 0 Å². The number of aromatic hydroxyl groups is 1. The molecule has 0 aliphatic heterocycles. The largest absolute Gasteiger partial charge is 0.497 e. The van der Waals surface area contributed by atoms with Crippen LogP contribution in [0.1, 0.15) is 0 Å². The molecule has 0 saturated heterocycles. The van der Waals surface area contributed by atoms with E-state index >= 15 is 0 Å². The maximum atomic E-state index is 14.2. The Balaban J connectivity index is 2.06. The summed E-state index contributed by atoms with van der Waals surface area (Å²) in [5, 5.41) is 10.6. The molecule has 0 spiro atoms. The summed E-state index contributed by atoms with van der Waals surface area (Å²) in [5.41, 5.74) is 2.18. The van der Waals surface area contributed by atoms with Gasteiger partial charge in [-0.3, -0.25) is 9.38 Å². The normalized spacial score (nSPS) is 11.2. The molecule has 0 aliphatic carbocycles. The summed E-state index contributed by atoms with van der Waals surface area (Å²) in [6.45, 7) is 0. The average molecular weight is 309 g/mol. The monoisotopic (exact) mass is 309 g/mol. The van der Waals surface area contributed by atoms with Crippen molar-refractivity contribution in [3.63, 3.8) is 0 Å². The number of benzene rings is 2. The molecule has 4 aromatic rings. The van der Waals surface area contributed by atoms with E-state index in [4.69, 9.17) is 4.74 Å². The van der Waals surface area contributed by atoms with Gasteiger partial charge in [-0.1, -0.05) is 12.1 Å². The van der Waals surface area contributed by atoms with Crippen LogP contribution < -0.4 is 4.74 Å². The fourth-order valence-electron chi connectivity index (χ4n) is 2.64. The number of rotatable bonds is 2. The van der Waals surface area contributed by atoms with Gasteiger partial charge in [0.15, 0.2) is 5.65 Å². The van der Waals surface area contributed by atoms with Crippen LogP contribution in [0.4, 0.5) is 4.39 Å². The summed E-state index contributed by atoms with van der Waals surface area (Å²) in [7, 11) is 1.50. The second kappa shape index (κ2) is 4.95. The van der Waals surface area contributed by atoms with E-state index in [2.05, 4.69) is 9.97 Å². The number of halogens is 1. The van der Waals surface area contributed by atoms with Crippen molar-refractivity contribution in [2.24, 2.45) is 0 Å². The lowest BCUT2D eigenvalue weighted by Gasteiger charge is -2.05. The lowest BCUT2D eigenvalue weighted by atomic mass is 10.1. The second-order valence-electron chi connectivity index (χ2n) is 5.07. The predicted octanol–water partition coefficient (Wildman–Crippen LogP) is 3.40. The lowest BCUT2D eigenvalue weighted by Crippen LogP contribution is -1.90. The molecule has 2 heterocycles. The lowest BCUT2D eigenvalue weighted by molar-refractivity contribution is 0.414. The predicted molar refractivity (Wildman–Crippen MR) is 84.1 cm³/mol. The van der Waals surface area contributed by atoms with Gasteiger partial charge in [-0.25, -0.2) is 9.37 Å². The van der Waals surface area contributed by atoms with E-state index in [-0.39, 0.29) is 17.1 Å². The second-order valence-corrected chi connectivity index (χ2v) is 5.07. The summed E-state index contributed by atoms with van der Waals surface area (Å²) in [5.74, 6) is -0.131. The smallest absolute Gasteiger partial charge is 0.224 e. The van der Waals surface area contributed by atoms with Crippen molar-refractivity contribution >= 4 is 16.7 Å². The van der Waals surface area contributed by atoms with Crippen LogP contribution in [0.15, 0.2) is 48.7 Å². The highest BCUT2D eigenvalue weighted by Gasteiger charge is 2.19. The molecule has 0 amide bonds. The average Bonchev–Trinajstić information content (AvgIpc) is 2.92. The minimum atomic E-state index is -0.484. The number of nitrogens with zero attached hydrogens (tertiary/aromatic N) is 3. The number of hydrogen-bond donors (Lipinski definition) is 1. The molecule has 4 rings (SSSR count). The molecular weight excluding hydrogens is 297 g/mol. The van der Waals surface area contributed by atoms with Gasteiger partial charge in [-0.15, -0.1) is 0 Å². The Kier molecular flexibility index (Phi) is 2.90. The van der Waals surface area contributed by atoms with E-state index in [9.17, 15) is 9.50 Å². The van der Waals surface area contributed by atoms with Gasteiger partial charge < -0.3 is 9.84 Å². The standard InChI is InChI=1S/C17H12FN3O2/c1-23-10-6-7-12(18)11(8-10)16-17(22)21-14-5-3-2-4-13(14)19-9-15(21)20-16/h2-9,22H,1H3. The van der Waals surface area contributed by atoms with Gasteiger partial charge in [0, 0.05) is 5.56 Å². The quantitative estimate of drug-likeness (QED) is 0.616. The van der Waals surface area contributed by atoms with E-state index in [1.165, 1.54) is 25.3 Å². The Hall–Kier alpha value is -3.15. The molecule has 0 fully saturated rings. The number of imidazole rings is 1. The van der Waals surface area contributed by atoms with Crippen molar-refractivity contribution in [3.8, 4) is 22.9 Å². The number of para-hydroxylation sites is 2. The molecule has 2 aromatic heterocycles. The first-order valence-corrected chi connectivity index (χ1v) is 6.98. The third-order valence-corrected chi connectivity index (χ3v) is 3.75. The van der Waals surface area contributed by atoms with Gasteiger partial charge in [0.25, 0.3) is 0 Å². The molecule has 0 bridgehead atoms. The molecule has 2 aromatic carbocycles. The van der Waals surface area contributed by atoms with E-state index < -0.39 is 5.82 Å². The zero-order valence-electron chi connectivity index (χ0n) is 12.2. The van der Waals surface area contributed by atoms with Crippen LogP contribution in [0, 0.1) is 5.82 Å². The van der Waals surface area contributed by atoms with E-state index in [0.29, 0.717) is 22.4 Å². The summed E-state index contributed by atoms with van der Waals surface area (Å²) >= 11 is 0. The molecule has 0 saturated carbocycles. The topological polar surface area (TPSA) is 59.7 Å². The van der Waals surface area contributed by atoms with Gasteiger partial charge in [0.1, 0.15) is 17.3 Å². The van der Waals surface area contributed by atoms with E-state index in [1.54, 1.807) is 10.6 Å². The number of aromatic nitrogens is 3. The Labute approximate surface area is 130 Å². The van der Waals surface area contributed by atoms with Gasteiger partial charge >= 0.3 is 0 Å². The molecule has 1 N–H and O–H groups in total. The maximum absolute atomic E-state index is 14.2. The molecule has 0 radical (unpaired) electrons. The summed E-state index contributed by atoms with van der Waals surface area (Å²) in [4.78, 5) is 8.62. The number of fused-ring (bicyclic) bond motifs is 3. The van der Waals surface area contributed by atoms with Gasteiger partial charge in [0.05, 0.1) is 24.3 Å².